The lowest BCUT2D eigenvalue weighted by Gasteiger charge is -2.27. The van der Waals surface area contributed by atoms with E-state index in [0.717, 1.165) is 76.7 Å². The van der Waals surface area contributed by atoms with Crippen LogP contribution in [0.5, 0.6) is 0 Å². The number of nitrogens with zero attached hydrogens (tertiary/aromatic N) is 4. The van der Waals surface area contributed by atoms with Crippen LogP contribution in [0.25, 0.3) is 0 Å². The summed E-state index contributed by atoms with van der Waals surface area (Å²) in [6.45, 7) is 12.6. The molecule has 0 aliphatic carbocycles. The van der Waals surface area contributed by atoms with Gasteiger partial charge >= 0.3 is 0 Å². The fraction of sp³-hybridized carbons (Fsp3) is 0.900. The molecule has 1 amide bonds. The van der Waals surface area contributed by atoms with Crippen LogP contribution in [0, 0.1) is 11.8 Å². The monoisotopic (exact) mass is 509 g/mol. The van der Waals surface area contributed by atoms with E-state index >= 15 is 0 Å². The quantitative estimate of drug-likeness (QED) is 0.234. The Bertz CT molecular complexity index is 481. The van der Waals surface area contributed by atoms with Crippen molar-refractivity contribution in [2.45, 2.75) is 33.1 Å². The van der Waals surface area contributed by atoms with Crippen LogP contribution < -0.4 is 5.32 Å². The molecule has 0 spiro atoms. The summed E-state index contributed by atoms with van der Waals surface area (Å²) in [5.74, 6) is 2.40. The van der Waals surface area contributed by atoms with Crippen molar-refractivity contribution in [2.24, 2.45) is 16.8 Å². The Kier molecular flexibility index (Phi) is 12.3. The van der Waals surface area contributed by atoms with Gasteiger partial charge in [-0.05, 0) is 37.6 Å². The summed E-state index contributed by atoms with van der Waals surface area (Å²) in [7, 11) is 3.56. The third kappa shape index (κ3) is 9.26. The average Bonchev–Trinajstić information content (AvgIpc) is 3.09. The summed E-state index contributed by atoms with van der Waals surface area (Å²) in [4.78, 5) is 23.0. The van der Waals surface area contributed by atoms with E-state index in [2.05, 4.69) is 34.0 Å². The number of hydrogen-bond donors (Lipinski definition) is 1. The van der Waals surface area contributed by atoms with Gasteiger partial charge in [0.15, 0.2) is 5.96 Å². The molecule has 0 aromatic carbocycles. The molecule has 164 valence electrons. The second-order valence-electron chi connectivity index (χ2n) is 8.39. The third-order valence-electron chi connectivity index (χ3n) is 5.29. The van der Waals surface area contributed by atoms with Gasteiger partial charge in [-0.15, -0.1) is 24.0 Å². The minimum atomic E-state index is 0. The highest BCUT2D eigenvalue weighted by Gasteiger charge is 2.25. The van der Waals surface area contributed by atoms with Gasteiger partial charge in [-0.3, -0.25) is 9.69 Å². The number of guanidine groups is 1. The fourth-order valence-electron chi connectivity index (χ4n) is 3.76. The Morgan fingerprint density at radius 1 is 1.25 bits per heavy atom. The Balaban J connectivity index is 0.00000392. The molecule has 0 aromatic rings. The van der Waals surface area contributed by atoms with Gasteiger partial charge < -0.3 is 19.9 Å². The largest absolute Gasteiger partial charge is 0.379 e. The highest BCUT2D eigenvalue weighted by Crippen LogP contribution is 2.23. The van der Waals surface area contributed by atoms with Crippen LogP contribution in [0.2, 0.25) is 0 Å². The van der Waals surface area contributed by atoms with Gasteiger partial charge in [-0.2, -0.15) is 0 Å². The van der Waals surface area contributed by atoms with Crippen molar-refractivity contribution in [1.29, 1.82) is 0 Å². The summed E-state index contributed by atoms with van der Waals surface area (Å²) >= 11 is 0. The zero-order chi connectivity index (χ0) is 19.6. The van der Waals surface area contributed by atoms with Gasteiger partial charge in [0.25, 0.3) is 0 Å². The Labute approximate surface area is 188 Å². The van der Waals surface area contributed by atoms with Crippen molar-refractivity contribution in [1.82, 2.24) is 20.0 Å². The predicted octanol–water partition coefficient (Wildman–Crippen LogP) is 1.73. The molecular weight excluding hydrogens is 469 g/mol. The number of rotatable bonds is 8. The summed E-state index contributed by atoms with van der Waals surface area (Å²) in [5.41, 5.74) is 0. The molecule has 0 bridgehead atoms. The number of hydrogen-bond acceptors (Lipinski definition) is 4. The molecule has 8 heteroatoms. The SMILES string of the molecule is CC(C)CC1CCN(C(=NCC(=O)N(C)C)NCCCN2CCOCC2)C1.I. The molecule has 1 N–H and O–H groups in total. The lowest BCUT2D eigenvalue weighted by Crippen LogP contribution is -2.43. The molecule has 2 saturated heterocycles. The van der Waals surface area contributed by atoms with E-state index < -0.39 is 0 Å². The summed E-state index contributed by atoms with van der Waals surface area (Å²) in [6, 6.07) is 0. The molecule has 28 heavy (non-hydrogen) atoms. The molecule has 7 nitrogen and oxygen atoms in total. The van der Waals surface area contributed by atoms with Gasteiger partial charge in [0.1, 0.15) is 6.54 Å². The van der Waals surface area contributed by atoms with Crippen LogP contribution in [0.15, 0.2) is 4.99 Å². The molecule has 1 unspecified atom stereocenters. The Morgan fingerprint density at radius 3 is 2.61 bits per heavy atom. The van der Waals surface area contributed by atoms with E-state index in [-0.39, 0.29) is 36.4 Å². The van der Waals surface area contributed by atoms with Gasteiger partial charge in [0, 0.05) is 46.8 Å². The number of aliphatic imine (C=N–C) groups is 1. The maximum Gasteiger partial charge on any atom is 0.243 e. The zero-order valence-electron chi connectivity index (χ0n) is 18.2. The first kappa shape index (κ1) is 25.4. The number of ether oxygens (including phenoxy) is 1. The number of carbonyl (C=O) groups is 1. The van der Waals surface area contributed by atoms with E-state index in [0.29, 0.717) is 0 Å². The van der Waals surface area contributed by atoms with Crippen molar-refractivity contribution in [3.63, 3.8) is 0 Å². The predicted molar refractivity (Wildman–Crippen MR) is 125 cm³/mol. The van der Waals surface area contributed by atoms with Crippen molar-refractivity contribution >= 4 is 35.8 Å². The van der Waals surface area contributed by atoms with Crippen molar-refractivity contribution < 1.29 is 9.53 Å². The summed E-state index contributed by atoms with van der Waals surface area (Å²) in [6.07, 6.45) is 3.55. The first-order valence-corrected chi connectivity index (χ1v) is 10.5. The van der Waals surface area contributed by atoms with Crippen molar-refractivity contribution in [3.05, 3.63) is 0 Å². The standard InChI is InChI=1S/C20H39N5O2.HI/c1-17(2)14-18-6-9-25(16-18)20(22-15-19(26)23(3)4)21-7-5-8-24-10-12-27-13-11-24;/h17-18H,5-16H2,1-4H3,(H,21,22);1H. The molecule has 2 heterocycles. The van der Waals surface area contributed by atoms with E-state index in [9.17, 15) is 4.79 Å². The lowest BCUT2D eigenvalue weighted by molar-refractivity contribution is -0.127. The molecule has 2 aliphatic rings. The van der Waals surface area contributed by atoms with Crippen LogP contribution in [0.4, 0.5) is 0 Å². The zero-order valence-corrected chi connectivity index (χ0v) is 20.5. The van der Waals surface area contributed by atoms with E-state index in [1.165, 1.54) is 12.8 Å². The number of nitrogens with one attached hydrogen (secondary N) is 1. The minimum absolute atomic E-state index is 0. The van der Waals surface area contributed by atoms with Gasteiger partial charge in [-0.25, -0.2) is 4.99 Å². The van der Waals surface area contributed by atoms with Gasteiger partial charge in [0.05, 0.1) is 13.2 Å². The average molecular weight is 509 g/mol. The number of morpholine rings is 1. The smallest absolute Gasteiger partial charge is 0.243 e. The van der Waals surface area contributed by atoms with Crippen molar-refractivity contribution in [3.8, 4) is 0 Å². The highest BCUT2D eigenvalue weighted by atomic mass is 127. The van der Waals surface area contributed by atoms with Crippen LogP contribution in [-0.2, 0) is 9.53 Å². The van der Waals surface area contributed by atoms with Gasteiger partial charge in [0.2, 0.25) is 5.91 Å². The first-order chi connectivity index (χ1) is 13.0. The van der Waals surface area contributed by atoms with Gasteiger partial charge in [-0.1, -0.05) is 13.8 Å². The highest BCUT2D eigenvalue weighted by molar-refractivity contribution is 14.0. The molecule has 1 atom stereocenters. The molecule has 0 saturated carbocycles. The normalized spacial score (nSPS) is 21.0. The molecule has 0 aromatic heterocycles. The summed E-state index contributed by atoms with van der Waals surface area (Å²) < 4.78 is 5.40. The topological polar surface area (TPSA) is 60.4 Å². The van der Waals surface area contributed by atoms with Crippen LogP contribution in [-0.4, -0.2) is 99.7 Å². The Morgan fingerprint density at radius 2 is 1.96 bits per heavy atom. The number of likely N-dealkylation sites (N-methyl/N-ethyl adjacent to an activating group) is 1. The maximum absolute atomic E-state index is 12.0. The number of likely N-dealkylation sites (tertiary alicyclic amines) is 1. The number of carbonyl (C=O) groups excluding carboxylic acids is 1. The Hall–Kier alpha value is -0.610. The second kappa shape index (κ2) is 13.6. The molecular formula is C20H40IN5O2. The molecule has 2 rings (SSSR count). The first-order valence-electron chi connectivity index (χ1n) is 10.5. The minimum Gasteiger partial charge on any atom is -0.379 e. The second-order valence-corrected chi connectivity index (χ2v) is 8.39. The number of halogens is 1. The van der Waals surface area contributed by atoms with E-state index in [1.807, 2.05) is 0 Å². The van der Waals surface area contributed by atoms with E-state index in [1.54, 1.807) is 19.0 Å². The maximum atomic E-state index is 12.0. The molecule has 2 aliphatic heterocycles. The van der Waals surface area contributed by atoms with Crippen LogP contribution in [0.3, 0.4) is 0 Å². The van der Waals surface area contributed by atoms with Crippen molar-refractivity contribution in [2.75, 3.05) is 73.1 Å². The number of amides is 1. The summed E-state index contributed by atoms with van der Waals surface area (Å²) in [5, 5.41) is 3.52. The molecule has 0 radical (unpaired) electrons. The molecule has 2 fully saturated rings. The van der Waals surface area contributed by atoms with Crippen LogP contribution >= 0.6 is 24.0 Å². The fourth-order valence-corrected chi connectivity index (χ4v) is 3.76. The lowest BCUT2D eigenvalue weighted by atomic mass is 9.97. The van der Waals surface area contributed by atoms with E-state index in [4.69, 9.17) is 4.74 Å². The third-order valence-corrected chi connectivity index (χ3v) is 5.29. The van der Waals surface area contributed by atoms with Crippen LogP contribution in [0.1, 0.15) is 33.1 Å².